The van der Waals surface area contributed by atoms with Crippen LogP contribution in [-0.2, 0) is 33.7 Å². The molecular formula is C21H20N4O3S. The van der Waals surface area contributed by atoms with E-state index in [0.717, 1.165) is 11.1 Å². The lowest BCUT2D eigenvalue weighted by Crippen LogP contribution is -2.27. The van der Waals surface area contributed by atoms with E-state index in [4.69, 9.17) is 0 Å². The summed E-state index contributed by atoms with van der Waals surface area (Å²) < 4.78 is 26.9. The molecule has 0 atom stereocenters. The molecule has 7 nitrogen and oxygen atoms in total. The normalized spacial score (nSPS) is 14.2. The van der Waals surface area contributed by atoms with E-state index in [0.29, 0.717) is 17.1 Å². The van der Waals surface area contributed by atoms with Crippen LogP contribution < -0.4 is 5.32 Å². The summed E-state index contributed by atoms with van der Waals surface area (Å²) in [6, 6.07) is 18.5. The van der Waals surface area contributed by atoms with Gasteiger partial charge >= 0.3 is 0 Å². The molecular weight excluding hydrogens is 388 g/mol. The fraction of sp³-hybridized carbons (Fsp3) is 0.143. The van der Waals surface area contributed by atoms with Crippen molar-refractivity contribution in [3.8, 4) is 0 Å². The van der Waals surface area contributed by atoms with Gasteiger partial charge in [-0.15, -0.1) is 0 Å². The lowest BCUT2D eigenvalue weighted by atomic mass is 10.2. The minimum Gasteiger partial charge on any atom is -0.305 e. The Morgan fingerprint density at radius 3 is 2.48 bits per heavy atom. The van der Waals surface area contributed by atoms with Gasteiger partial charge in [-0.1, -0.05) is 60.7 Å². The van der Waals surface area contributed by atoms with E-state index >= 15 is 0 Å². The number of benzene rings is 2. The van der Waals surface area contributed by atoms with Crippen molar-refractivity contribution in [1.29, 1.82) is 0 Å². The number of amides is 1. The number of H-pyrrole nitrogens is 1. The van der Waals surface area contributed by atoms with Crippen molar-refractivity contribution in [2.24, 2.45) is 0 Å². The van der Waals surface area contributed by atoms with Crippen molar-refractivity contribution in [3.63, 3.8) is 0 Å². The van der Waals surface area contributed by atoms with E-state index in [-0.39, 0.29) is 24.7 Å². The Hall–Kier alpha value is -3.23. The fourth-order valence-corrected chi connectivity index (χ4v) is 4.63. The zero-order valence-electron chi connectivity index (χ0n) is 15.6. The van der Waals surface area contributed by atoms with Crippen molar-refractivity contribution >= 4 is 27.8 Å². The summed E-state index contributed by atoms with van der Waals surface area (Å²) in [5.41, 5.74) is 3.04. The maximum Gasteiger partial charge on any atom is 0.249 e. The van der Waals surface area contributed by atoms with E-state index in [1.54, 1.807) is 18.2 Å². The molecule has 0 unspecified atom stereocenters. The maximum atomic E-state index is 12.8. The first-order valence-electron chi connectivity index (χ1n) is 9.13. The smallest absolute Gasteiger partial charge is 0.249 e. The van der Waals surface area contributed by atoms with Gasteiger partial charge in [0.25, 0.3) is 0 Å². The van der Waals surface area contributed by atoms with E-state index in [2.05, 4.69) is 15.5 Å². The Balaban J connectivity index is 1.43. The number of nitrogens with zero attached hydrogens (tertiary/aromatic N) is 2. The van der Waals surface area contributed by atoms with E-state index in [1.807, 2.05) is 48.5 Å². The van der Waals surface area contributed by atoms with Crippen LogP contribution in [0.5, 0.6) is 0 Å². The average Bonchev–Trinajstić information content (AvgIpc) is 3.30. The molecule has 0 saturated carbocycles. The van der Waals surface area contributed by atoms with Crippen LogP contribution in [0.2, 0.25) is 0 Å². The van der Waals surface area contributed by atoms with Gasteiger partial charge in [0.05, 0.1) is 18.0 Å². The predicted octanol–water partition coefficient (Wildman–Crippen LogP) is 2.91. The van der Waals surface area contributed by atoms with Crippen LogP contribution in [0.25, 0.3) is 6.08 Å². The third-order valence-electron chi connectivity index (χ3n) is 4.68. The first-order valence-corrected chi connectivity index (χ1v) is 10.7. The number of fused-ring (bicyclic) bond motifs is 1. The summed E-state index contributed by atoms with van der Waals surface area (Å²) in [5, 5.41) is 9.68. The lowest BCUT2D eigenvalue weighted by Gasteiger charge is -2.16. The third kappa shape index (κ3) is 4.44. The molecule has 1 aliphatic rings. The number of aromatic amines is 1. The lowest BCUT2D eigenvalue weighted by molar-refractivity contribution is -0.111. The molecule has 29 heavy (non-hydrogen) atoms. The summed E-state index contributed by atoms with van der Waals surface area (Å²) in [4.78, 5) is 12.2. The van der Waals surface area contributed by atoms with Gasteiger partial charge in [-0.2, -0.15) is 9.40 Å². The maximum absolute atomic E-state index is 12.8. The molecule has 1 amide bonds. The minimum atomic E-state index is -3.48. The first-order chi connectivity index (χ1) is 14.0. The molecule has 0 aliphatic carbocycles. The topological polar surface area (TPSA) is 95.2 Å². The average molecular weight is 408 g/mol. The molecule has 4 rings (SSSR count). The Labute approximate surface area is 169 Å². The molecule has 0 fully saturated rings. The predicted molar refractivity (Wildman–Crippen MR) is 111 cm³/mol. The van der Waals surface area contributed by atoms with Gasteiger partial charge in [-0.05, 0) is 17.2 Å². The second kappa shape index (κ2) is 8.02. The van der Waals surface area contributed by atoms with Gasteiger partial charge in [0.1, 0.15) is 0 Å². The molecule has 0 radical (unpaired) electrons. The van der Waals surface area contributed by atoms with Crippen LogP contribution >= 0.6 is 0 Å². The molecule has 0 saturated heterocycles. The van der Waals surface area contributed by atoms with Gasteiger partial charge < -0.3 is 5.32 Å². The van der Waals surface area contributed by atoms with Gasteiger partial charge in [-0.25, -0.2) is 8.42 Å². The quantitative estimate of drug-likeness (QED) is 0.613. The summed E-state index contributed by atoms with van der Waals surface area (Å²) >= 11 is 0. The largest absolute Gasteiger partial charge is 0.305 e. The molecule has 0 spiro atoms. The number of nitrogens with one attached hydrogen (secondary N) is 2. The van der Waals surface area contributed by atoms with Crippen molar-refractivity contribution in [3.05, 3.63) is 89.1 Å². The van der Waals surface area contributed by atoms with Crippen molar-refractivity contribution in [1.82, 2.24) is 14.5 Å². The van der Waals surface area contributed by atoms with Gasteiger partial charge in [0.2, 0.25) is 15.9 Å². The number of sulfonamides is 1. The number of hydrogen-bond acceptors (Lipinski definition) is 4. The molecule has 3 aromatic rings. The third-order valence-corrected chi connectivity index (χ3v) is 6.42. The van der Waals surface area contributed by atoms with Crippen LogP contribution in [0.1, 0.15) is 22.4 Å². The van der Waals surface area contributed by atoms with E-state index in [1.165, 1.54) is 10.4 Å². The Morgan fingerprint density at radius 1 is 1.07 bits per heavy atom. The molecule has 0 bridgehead atoms. The summed E-state index contributed by atoms with van der Waals surface area (Å²) in [6.07, 6.45) is 3.13. The minimum absolute atomic E-state index is 0.0625. The van der Waals surface area contributed by atoms with E-state index < -0.39 is 10.0 Å². The van der Waals surface area contributed by atoms with Crippen molar-refractivity contribution in [2.75, 3.05) is 5.32 Å². The standard InChI is InChI=1S/C21H20N4O3S/c26-20(12-11-16-7-3-1-4-8-16)22-21-18-13-25(14-19(18)23-24-21)29(27,28)15-17-9-5-2-6-10-17/h1-12H,13-15H2,(H2,22,23,24,26)/b12-11+. The second-order valence-electron chi connectivity index (χ2n) is 6.77. The zero-order valence-corrected chi connectivity index (χ0v) is 16.4. The highest BCUT2D eigenvalue weighted by Crippen LogP contribution is 2.30. The van der Waals surface area contributed by atoms with Gasteiger partial charge in [-0.3, -0.25) is 9.89 Å². The van der Waals surface area contributed by atoms with Crippen LogP contribution in [-0.4, -0.2) is 28.8 Å². The van der Waals surface area contributed by atoms with E-state index in [9.17, 15) is 13.2 Å². The Kier molecular flexibility index (Phi) is 5.28. The van der Waals surface area contributed by atoms with Gasteiger partial charge in [0, 0.05) is 18.2 Å². The second-order valence-corrected chi connectivity index (χ2v) is 8.74. The molecule has 2 heterocycles. The van der Waals surface area contributed by atoms with Gasteiger partial charge in [0.15, 0.2) is 5.82 Å². The number of carbonyl (C=O) groups is 1. The summed E-state index contributed by atoms with van der Waals surface area (Å²) in [7, 11) is -3.48. The monoisotopic (exact) mass is 408 g/mol. The van der Waals surface area contributed by atoms with Crippen LogP contribution in [0, 0.1) is 0 Å². The number of anilines is 1. The molecule has 1 aromatic heterocycles. The molecule has 148 valence electrons. The Bertz CT molecular complexity index is 1140. The number of rotatable bonds is 6. The van der Waals surface area contributed by atoms with Crippen molar-refractivity contribution in [2.45, 2.75) is 18.8 Å². The first kappa shape index (κ1) is 19.1. The number of carbonyl (C=O) groups excluding carboxylic acids is 1. The number of aromatic nitrogens is 2. The Morgan fingerprint density at radius 2 is 1.76 bits per heavy atom. The molecule has 8 heteroatoms. The molecule has 2 aromatic carbocycles. The fourth-order valence-electron chi connectivity index (χ4n) is 3.18. The van der Waals surface area contributed by atoms with Crippen molar-refractivity contribution < 1.29 is 13.2 Å². The highest BCUT2D eigenvalue weighted by molar-refractivity contribution is 7.88. The summed E-state index contributed by atoms with van der Waals surface area (Å²) in [5.74, 6) is -0.0265. The zero-order chi connectivity index (χ0) is 20.3. The number of hydrogen-bond donors (Lipinski definition) is 2. The molecule has 2 N–H and O–H groups in total. The highest BCUT2D eigenvalue weighted by Gasteiger charge is 2.33. The van der Waals surface area contributed by atoms with Crippen LogP contribution in [0.3, 0.4) is 0 Å². The van der Waals surface area contributed by atoms with Crippen LogP contribution in [0.15, 0.2) is 66.7 Å². The SMILES string of the molecule is O=C(/C=C/c1ccccc1)Nc1n[nH]c2c1CN(S(=O)(=O)Cc1ccccc1)C2. The summed E-state index contributed by atoms with van der Waals surface area (Å²) in [6.45, 7) is 0.395. The van der Waals surface area contributed by atoms with Crippen LogP contribution in [0.4, 0.5) is 5.82 Å². The highest BCUT2D eigenvalue weighted by atomic mass is 32.2. The molecule has 1 aliphatic heterocycles.